The molecule has 0 aliphatic heterocycles. The van der Waals surface area contributed by atoms with Gasteiger partial charge in [-0.15, -0.1) is 0 Å². The summed E-state index contributed by atoms with van der Waals surface area (Å²) in [6.45, 7) is 2.11. The van der Waals surface area contributed by atoms with E-state index in [4.69, 9.17) is 58.0 Å². The van der Waals surface area contributed by atoms with Crippen molar-refractivity contribution in [3.8, 4) is 0 Å². The zero-order chi connectivity index (χ0) is 12.4. The summed E-state index contributed by atoms with van der Waals surface area (Å²) in [7, 11) is 0. The van der Waals surface area contributed by atoms with E-state index in [2.05, 4.69) is 6.92 Å². The van der Waals surface area contributed by atoms with E-state index in [1.54, 1.807) is 12.1 Å². The first-order chi connectivity index (χ1) is 7.29. The lowest BCUT2D eigenvalue weighted by molar-refractivity contribution is 0.870. The zero-order valence-electron chi connectivity index (χ0n) is 8.61. The van der Waals surface area contributed by atoms with Gasteiger partial charge in [0.05, 0.1) is 0 Å². The van der Waals surface area contributed by atoms with E-state index < -0.39 is 8.13 Å². The van der Waals surface area contributed by atoms with E-state index >= 15 is 0 Å². The normalized spacial score (nSPS) is 12.9. The molecule has 5 heteroatoms. The van der Waals surface area contributed by atoms with Crippen LogP contribution in [0.25, 0.3) is 0 Å². The summed E-state index contributed by atoms with van der Waals surface area (Å²) in [6, 6.07) is 7.45. The molecule has 90 valence electrons. The highest BCUT2D eigenvalue weighted by Gasteiger charge is 2.47. The summed E-state index contributed by atoms with van der Waals surface area (Å²) in [5.74, 6) is 0. The van der Waals surface area contributed by atoms with Gasteiger partial charge in [0.1, 0.15) is 0 Å². The van der Waals surface area contributed by atoms with Gasteiger partial charge in [-0.2, -0.15) is 0 Å². The van der Waals surface area contributed by atoms with Crippen LogP contribution in [0, 0.1) is 0 Å². The SMILES string of the molecule is CCCc1ccc(C(Cl)(Cl)C(Cl)(Cl)Cl)cc1. The van der Waals surface area contributed by atoms with Gasteiger partial charge >= 0.3 is 0 Å². The summed E-state index contributed by atoms with van der Waals surface area (Å²) < 4.78 is -3.30. The van der Waals surface area contributed by atoms with Gasteiger partial charge in [-0.1, -0.05) is 95.6 Å². The summed E-state index contributed by atoms with van der Waals surface area (Å²) in [5.41, 5.74) is 1.79. The molecule has 0 nitrogen and oxygen atoms in total. The van der Waals surface area contributed by atoms with Crippen LogP contribution < -0.4 is 0 Å². The van der Waals surface area contributed by atoms with Gasteiger partial charge in [-0.25, -0.2) is 0 Å². The number of halogens is 5. The summed E-state index contributed by atoms with van der Waals surface area (Å²) in [5, 5.41) is 0. The minimum Gasteiger partial charge on any atom is -0.0915 e. The Bertz CT molecular complexity index is 336. The third-order valence-electron chi connectivity index (χ3n) is 2.21. The Labute approximate surface area is 121 Å². The van der Waals surface area contributed by atoms with Crippen molar-refractivity contribution in [2.75, 3.05) is 0 Å². The highest BCUT2D eigenvalue weighted by Crippen LogP contribution is 2.52. The lowest BCUT2D eigenvalue weighted by atomic mass is 10.1. The maximum Gasteiger partial charge on any atom is 0.227 e. The monoisotopic (exact) mass is 318 g/mol. The van der Waals surface area contributed by atoms with Crippen LogP contribution in [0.15, 0.2) is 24.3 Å². The average Bonchev–Trinajstić information content (AvgIpc) is 2.17. The van der Waals surface area contributed by atoms with E-state index in [9.17, 15) is 0 Å². The van der Waals surface area contributed by atoms with Gasteiger partial charge in [0.25, 0.3) is 0 Å². The predicted molar refractivity (Wildman–Crippen MR) is 74.1 cm³/mol. The van der Waals surface area contributed by atoms with Crippen molar-refractivity contribution in [2.24, 2.45) is 0 Å². The lowest BCUT2D eigenvalue weighted by Gasteiger charge is -2.27. The quantitative estimate of drug-likeness (QED) is 0.632. The van der Waals surface area contributed by atoms with Crippen LogP contribution >= 0.6 is 58.0 Å². The Balaban J connectivity index is 2.97. The molecule has 1 aromatic carbocycles. The molecule has 0 aromatic heterocycles. The minimum absolute atomic E-state index is 0.579. The number of hydrogen-bond acceptors (Lipinski definition) is 0. The molecule has 0 heterocycles. The van der Waals surface area contributed by atoms with Crippen LogP contribution in [0.4, 0.5) is 0 Å². The summed E-state index contributed by atoms with van der Waals surface area (Å²) in [6.07, 6.45) is 2.09. The van der Waals surface area contributed by atoms with Gasteiger partial charge in [0.2, 0.25) is 3.79 Å². The molecule has 0 unspecified atom stereocenters. The molecule has 16 heavy (non-hydrogen) atoms. The molecule has 0 saturated heterocycles. The topological polar surface area (TPSA) is 0 Å². The highest BCUT2D eigenvalue weighted by molar-refractivity contribution is 6.75. The lowest BCUT2D eigenvalue weighted by Crippen LogP contribution is -2.28. The largest absolute Gasteiger partial charge is 0.227 e. The number of rotatable bonds is 3. The maximum atomic E-state index is 6.04. The predicted octanol–water partition coefficient (Wildman–Crippen LogP) is 5.64. The zero-order valence-corrected chi connectivity index (χ0v) is 12.4. The standard InChI is InChI=1S/C11H11Cl5/c1-2-3-8-4-6-9(7-5-8)10(12,13)11(14,15)16/h4-7H,2-3H2,1H3. The highest BCUT2D eigenvalue weighted by atomic mass is 35.6. The van der Waals surface area contributed by atoms with Crippen LogP contribution in [0.2, 0.25) is 0 Å². The van der Waals surface area contributed by atoms with Crippen LogP contribution in [0.3, 0.4) is 0 Å². The molecular formula is C11H11Cl5. The Kier molecular flexibility index (Phi) is 5.10. The Morgan fingerprint density at radius 1 is 0.938 bits per heavy atom. The third-order valence-corrected chi connectivity index (χ3v) is 4.65. The van der Waals surface area contributed by atoms with Gasteiger partial charge in [0.15, 0.2) is 4.33 Å². The Hall–Kier alpha value is 0.670. The van der Waals surface area contributed by atoms with Gasteiger partial charge in [-0.05, 0) is 17.5 Å². The number of alkyl halides is 5. The van der Waals surface area contributed by atoms with Gasteiger partial charge < -0.3 is 0 Å². The molecule has 0 spiro atoms. The molecule has 0 fully saturated rings. The van der Waals surface area contributed by atoms with Crippen molar-refractivity contribution in [1.82, 2.24) is 0 Å². The second kappa shape index (κ2) is 5.54. The smallest absolute Gasteiger partial charge is 0.0915 e. The molecule has 0 amide bonds. The molecule has 0 bridgehead atoms. The van der Waals surface area contributed by atoms with Crippen molar-refractivity contribution in [3.63, 3.8) is 0 Å². The Morgan fingerprint density at radius 2 is 1.44 bits per heavy atom. The molecule has 0 aliphatic carbocycles. The van der Waals surface area contributed by atoms with Crippen molar-refractivity contribution in [3.05, 3.63) is 35.4 Å². The fraction of sp³-hybridized carbons (Fsp3) is 0.455. The summed E-state index contributed by atoms with van der Waals surface area (Å²) >= 11 is 29.3. The van der Waals surface area contributed by atoms with Crippen molar-refractivity contribution < 1.29 is 0 Å². The third kappa shape index (κ3) is 3.34. The average molecular weight is 320 g/mol. The molecule has 1 aromatic rings. The number of hydrogen-bond donors (Lipinski definition) is 0. The number of benzene rings is 1. The second-order valence-corrected chi connectivity index (χ2v) is 7.13. The first-order valence-corrected chi connectivity index (χ1v) is 6.72. The van der Waals surface area contributed by atoms with Gasteiger partial charge in [0, 0.05) is 0 Å². The molecule has 0 N–H and O–H groups in total. The van der Waals surface area contributed by atoms with E-state index in [0.717, 1.165) is 12.8 Å². The molecule has 1 rings (SSSR count). The fourth-order valence-electron chi connectivity index (χ4n) is 1.33. The van der Waals surface area contributed by atoms with Crippen LogP contribution in [-0.4, -0.2) is 3.79 Å². The van der Waals surface area contributed by atoms with Crippen LogP contribution in [0.5, 0.6) is 0 Å². The molecular weight excluding hydrogens is 309 g/mol. The van der Waals surface area contributed by atoms with E-state index in [0.29, 0.717) is 5.56 Å². The molecule has 0 aliphatic rings. The first-order valence-electron chi connectivity index (χ1n) is 4.83. The Morgan fingerprint density at radius 3 is 1.81 bits per heavy atom. The van der Waals surface area contributed by atoms with Crippen molar-refractivity contribution in [2.45, 2.75) is 27.9 Å². The number of aryl methyl sites for hydroxylation is 1. The first kappa shape index (κ1) is 14.7. The van der Waals surface area contributed by atoms with E-state index in [1.165, 1.54) is 5.56 Å². The second-order valence-electron chi connectivity index (χ2n) is 3.52. The molecule has 0 saturated carbocycles. The van der Waals surface area contributed by atoms with Crippen LogP contribution in [-0.2, 0) is 10.8 Å². The molecule has 0 atom stereocenters. The van der Waals surface area contributed by atoms with Crippen molar-refractivity contribution in [1.29, 1.82) is 0 Å². The summed E-state index contributed by atoms with van der Waals surface area (Å²) in [4.78, 5) is 0. The molecule has 0 radical (unpaired) electrons. The maximum absolute atomic E-state index is 6.04. The van der Waals surface area contributed by atoms with Crippen molar-refractivity contribution >= 4 is 58.0 Å². The van der Waals surface area contributed by atoms with Crippen LogP contribution in [0.1, 0.15) is 24.5 Å². The van der Waals surface area contributed by atoms with Gasteiger partial charge in [-0.3, -0.25) is 0 Å². The van der Waals surface area contributed by atoms with E-state index in [1.807, 2.05) is 12.1 Å². The fourth-order valence-corrected chi connectivity index (χ4v) is 1.91. The minimum atomic E-state index is -1.76. The van der Waals surface area contributed by atoms with E-state index in [-0.39, 0.29) is 0 Å².